The van der Waals surface area contributed by atoms with Gasteiger partial charge in [-0.25, -0.2) is 0 Å². The Kier molecular flexibility index (Phi) is 16.7. The maximum Gasteiger partial charge on any atom is 0.185 e. The summed E-state index contributed by atoms with van der Waals surface area (Å²) in [5.74, 6) is 0. The van der Waals surface area contributed by atoms with Gasteiger partial charge >= 0.3 is 0 Å². The molecule has 0 aromatic heterocycles. The molecule has 0 saturated heterocycles. The Morgan fingerprint density at radius 3 is 1.09 bits per heavy atom. The SMILES string of the molecule is CCN(CC)C(C=[C+]/C=C(/NCCCN/C(=C/[C+]=CC(c1ccc(C)cc1)N(CC)CC)c1ccc(C)cc1)c1ccc(C)cc1)c1ccc(C)cc1. The number of hydrogen-bond donors (Lipinski definition) is 2. The van der Waals surface area contributed by atoms with E-state index in [4.69, 9.17) is 0 Å². The lowest BCUT2D eigenvalue weighted by atomic mass is 10.0. The number of nitrogens with one attached hydrogen (secondary N) is 2. The van der Waals surface area contributed by atoms with Crippen LogP contribution in [0.1, 0.15) is 90.7 Å². The van der Waals surface area contributed by atoms with Crippen LogP contribution in [0.5, 0.6) is 0 Å². The van der Waals surface area contributed by atoms with Gasteiger partial charge in [0.05, 0.1) is 47.5 Å². The van der Waals surface area contributed by atoms with E-state index in [0.29, 0.717) is 0 Å². The number of likely N-dealkylation sites (N-methyl/N-ethyl adjacent to an activating group) is 2. The molecule has 4 aromatic rings. The molecule has 0 aliphatic rings. The Morgan fingerprint density at radius 1 is 0.491 bits per heavy atom. The minimum Gasteiger partial charge on any atom is -0.310 e. The second kappa shape index (κ2) is 21.6. The van der Waals surface area contributed by atoms with Gasteiger partial charge in [0.25, 0.3) is 0 Å². The fourth-order valence-electron chi connectivity index (χ4n) is 6.50. The highest BCUT2D eigenvalue weighted by Gasteiger charge is 2.19. The summed E-state index contributed by atoms with van der Waals surface area (Å²) in [7, 11) is 0. The molecule has 0 bridgehead atoms. The van der Waals surface area contributed by atoms with Crippen molar-refractivity contribution in [2.24, 2.45) is 0 Å². The molecular formula is C49H62N4+2. The van der Waals surface area contributed by atoms with Crippen LogP contribution < -0.4 is 10.6 Å². The Balaban J connectivity index is 1.49. The molecule has 0 radical (unpaired) electrons. The number of benzene rings is 4. The van der Waals surface area contributed by atoms with Crippen molar-refractivity contribution in [3.05, 3.63) is 178 Å². The van der Waals surface area contributed by atoms with Gasteiger partial charge in [0.15, 0.2) is 23.5 Å². The zero-order valence-corrected chi connectivity index (χ0v) is 33.5. The van der Waals surface area contributed by atoms with Crippen molar-refractivity contribution >= 4 is 11.4 Å². The minimum absolute atomic E-state index is 0.169. The zero-order valence-electron chi connectivity index (χ0n) is 33.5. The van der Waals surface area contributed by atoms with Crippen molar-refractivity contribution in [1.29, 1.82) is 0 Å². The summed E-state index contributed by atoms with van der Waals surface area (Å²) in [6.07, 6.45) is 16.7. The van der Waals surface area contributed by atoms with Crippen LogP contribution in [0.25, 0.3) is 11.4 Å². The van der Waals surface area contributed by atoms with Crippen LogP contribution in [0.15, 0.2) is 121 Å². The number of nitrogens with zero attached hydrogens (tertiary/aromatic N) is 2. The van der Waals surface area contributed by atoms with Crippen molar-refractivity contribution in [1.82, 2.24) is 20.4 Å². The van der Waals surface area contributed by atoms with Crippen LogP contribution in [0.3, 0.4) is 0 Å². The molecule has 0 fully saturated rings. The van der Waals surface area contributed by atoms with Crippen molar-refractivity contribution in [3.63, 3.8) is 0 Å². The quantitative estimate of drug-likeness (QED) is 0.0544. The summed E-state index contributed by atoms with van der Waals surface area (Å²) in [5.41, 5.74) is 12.1. The molecular weight excluding hydrogens is 645 g/mol. The first-order chi connectivity index (χ1) is 25.8. The lowest BCUT2D eigenvalue weighted by molar-refractivity contribution is 0.257. The molecule has 2 unspecified atom stereocenters. The first-order valence-corrected chi connectivity index (χ1v) is 19.6. The molecule has 0 heterocycles. The Bertz CT molecular complexity index is 1620. The van der Waals surface area contributed by atoms with Crippen molar-refractivity contribution < 1.29 is 0 Å². The minimum atomic E-state index is 0.169. The molecule has 4 heteroatoms. The summed E-state index contributed by atoms with van der Waals surface area (Å²) in [6.45, 7) is 23.0. The Hall–Kier alpha value is -4.82. The van der Waals surface area contributed by atoms with Crippen LogP contribution in [-0.2, 0) is 0 Å². The van der Waals surface area contributed by atoms with E-state index in [0.717, 1.165) is 68.2 Å². The van der Waals surface area contributed by atoms with Gasteiger partial charge in [-0.1, -0.05) is 123 Å². The Labute approximate surface area is 322 Å². The second-order valence-electron chi connectivity index (χ2n) is 13.9. The third-order valence-electron chi connectivity index (χ3n) is 9.92. The molecule has 0 aliphatic heterocycles. The van der Waals surface area contributed by atoms with Crippen LogP contribution in [0, 0.1) is 39.8 Å². The smallest absolute Gasteiger partial charge is 0.185 e. The van der Waals surface area contributed by atoms with Crippen LogP contribution in [0.4, 0.5) is 0 Å². The number of allylic oxidation sites excluding steroid dienone is 4. The monoisotopic (exact) mass is 706 g/mol. The normalized spacial score (nSPS) is 13.4. The summed E-state index contributed by atoms with van der Waals surface area (Å²) in [6, 6.07) is 35.6. The topological polar surface area (TPSA) is 30.5 Å². The predicted molar refractivity (Wildman–Crippen MR) is 228 cm³/mol. The van der Waals surface area contributed by atoms with Crippen molar-refractivity contribution in [2.75, 3.05) is 39.3 Å². The van der Waals surface area contributed by atoms with Crippen molar-refractivity contribution in [3.8, 4) is 0 Å². The number of rotatable bonds is 20. The lowest BCUT2D eigenvalue weighted by Crippen LogP contribution is -2.27. The molecule has 0 aliphatic carbocycles. The van der Waals surface area contributed by atoms with E-state index in [1.165, 1.54) is 33.4 Å². The van der Waals surface area contributed by atoms with E-state index in [2.05, 4.69) is 209 Å². The molecule has 4 aromatic carbocycles. The maximum absolute atomic E-state index is 3.74. The molecule has 0 spiro atoms. The second-order valence-corrected chi connectivity index (χ2v) is 13.9. The highest BCUT2D eigenvalue weighted by Crippen LogP contribution is 2.25. The lowest BCUT2D eigenvalue weighted by Gasteiger charge is -2.26. The average Bonchev–Trinajstić information content (AvgIpc) is 3.17. The number of aryl methyl sites for hydroxylation is 4. The molecule has 0 amide bonds. The van der Waals surface area contributed by atoms with Gasteiger partial charge in [0.2, 0.25) is 0 Å². The molecule has 4 nitrogen and oxygen atoms in total. The summed E-state index contributed by atoms with van der Waals surface area (Å²) in [5, 5.41) is 7.48. The van der Waals surface area contributed by atoms with Gasteiger partial charge in [-0.3, -0.25) is 9.80 Å². The molecule has 2 N–H and O–H groups in total. The summed E-state index contributed by atoms with van der Waals surface area (Å²) in [4.78, 5) is 4.93. The zero-order chi connectivity index (χ0) is 38.0. The van der Waals surface area contributed by atoms with Crippen molar-refractivity contribution in [2.45, 2.75) is 73.9 Å². The molecule has 53 heavy (non-hydrogen) atoms. The first kappa shape index (κ1) is 40.9. The fraction of sp³-hybridized carbons (Fsp3) is 0.347. The van der Waals surface area contributed by atoms with Gasteiger partial charge in [0, 0.05) is 13.1 Å². The van der Waals surface area contributed by atoms with E-state index < -0.39 is 0 Å². The van der Waals surface area contributed by atoms with E-state index in [-0.39, 0.29) is 12.1 Å². The highest BCUT2D eigenvalue weighted by molar-refractivity contribution is 5.66. The van der Waals surface area contributed by atoms with E-state index >= 15 is 0 Å². The van der Waals surface area contributed by atoms with E-state index in [1.54, 1.807) is 0 Å². The third-order valence-corrected chi connectivity index (χ3v) is 9.92. The van der Waals surface area contributed by atoms with E-state index in [9.17, 15) is 0 Å². The van der Waals surface area contributed by atoms with Gasteiger partial charge < -0.3 is 10.6 Å². The summed E-state index contributed by atoms with van der Waals surface area (Å²) < 4.78 is 0. The summed E-state index contributed by atoms with van der Waals surface area (Å²) >= 11 is 0. The first-order valence-electron chi connectivity index (χ1n) is 19.6. The largest absolute Gasteiger partial charge is 0.310 e. The van der Waals surface area contributed by atoms with Crippen LogP contribution in [-0.4, -0.2) is 49.1 Å². The maximum atomic E-state index is 3.74. The molecule has 4 rings (SSSR count). The molecule has 2 atom stereocenters. The molecule has 276 valence electrons. The highest BCUT2D eigenvalue weighted by atomic mass is 15.1. The fourth-order valence-corrected chi connectivity index (χ4v) is 6.50. The van der Waals surface area contributed by atoms with Crippen LogP contribution >= 0.6 is 0 Å². The van der Waals surface area contributed by atoms with E-state index in [1.807, 2.05) is 0 Å². The number of hydrogen-bond acceptors (Lipinski definition) is 4. The van der Waals surface area contributed by atoms with Gasteiger partial charge in [-0.05, 0) is 95.7 Å². The standard InChI is InChI=1S/C49H62N4/c1-9-52(10-2)48(44-32-24-40(7)25-33-44)18-13-16-46(42-28-20-38(5)21-29-42)50-36-15-37-51-47(43-30-22-39(6)23-31-43)17-14-19-49(53(11-3)12-4)45-34-26-41(8)27-35-45/h16-35,48-51H,9-12,15,36-37H2,1-8H3/q+2/b46-16+,47-17+. The van der Waals surface area contributed by atoms with Gasteiger partial charge in [-0.2, -0.15) is 0 Å². The van der Waals surface area contributed by atoms with Crippen LogP contribution in [0.2, 0.25) is 0 Å². The Morgan fingerprint density at radius 2 is 0.792 bits per heavy atom. The molecule has 0 saturated carbocycles. The third kappa shape index (κ3) is 12.7. The average molecular weight is 707 g/mol. The van der Waals surface area contributed by atoms with Gasteiger partial charge in [0.1, 0.15) is 0 Å². The van der Waals surface area contributed by atoms with Gasteiger partial charge in [-0.15, -0.1) is 0 Å². The predicted octanol–water partition coefficient (Wildman–Crippen LogP) is 10.8.